The van der Waals surface area contributed by atoms with E-state index in [0.29, 0.717) is 0 Å². The van der Waals surface area contributed by atoms with Gasteiger partial charge in [-0.15, -0.1) is 0 Å². The number of hydrogen-bond donors (Lipinski definition) is 2. The Hall–Kier alpha value is -1.01. The molecule has 5 nitrogen and oxygen atoms in total. The molecule has 0 aliphatic rings. The Morgan fingerprint density at radius 2 is 2.30 bits per heavy atom. The van der Waals surface area contributed by atoms with Crippen molar-refractivity contribution >= 4 is 16.9 Å². The lowest BCUT2D eigenvalue weighted by atomic mass is 10.6. The Labute approximate surface area is 59.6 Å². The monoisotopic (exact) mass is 159 g/mol. The Kier molecular flexibility index (Phi) is 1.93. The van der Waals surface area contributed by atoms with Crippen LogP contribution in [0.2, 0.25) is 0 Å². The number of rotatable bonds is 1. The second-order valence-electron chi connectivity index (χ2n) is 1.53. The van der Waals surface area contributed by atoms with Gasteiger partial charge in [0.25, 0.3) is 0 Å². The predicted octanol–water partition coefficient (Wildman–Crippen LogP) is -0.361. The molecule has 54 valence electrons. The lowest BCUT2D eigenvalue weighted by Crippen LogP contribution is -1.97. The molecule has 1 atom stereocenters. The molecule has 10 heavy (non-hydrogen) atoms. The highest BCUT2D eigenvalue weighted by Crippen LogP contribution is 2.01. The first kappa shape index (κ1) is 7.10. The normalized spacial score (nSPS) is 12.9. The van der Waals surface area contributed by atoms with Crippen molar-refractivity contribution in [1.82, 2.24) is 9.97 Å². The Bertz CT molecular complexity index is 264. The zero-order valence-electron chi connectivity index (χ0n) is 4.89. The maximum atomic E-state index is 10.3. The zero-order chi connectivity index (χ0) is 7.56. The van der Waals surface area contributed by atoms with Crippen LogP contribution in [0.5, 0.6) is 0 Å². The van der Waals surface area contributed by atoms with E-state index in [4.69, 9.17) is 10.3 Å². The molecular weight excluding hydrogens is 154 g/mol. The van der Waals surface area contributed by atoms with Gasteiger partial charge in [0.15, 0.2) is 5.03 Å². The minimum atomic E-state index is -2.07. The highest BCUT2D eigenvalue weighted by Gasteiger charge is 2.00. The van der Waals surface area contributed by atoms with Gasteiger partial charge in [-0.05, 0) is 0 Å². The van der Waals surface area contributed by atoms with Crippen LogP contribution in [0, 0.1) is 0 Å². The van der Waals surface area contributed by atoms with Crippen molar-refractivity contribution in [1.29, 1.82) is 0 Å². The summed E-state index contributed by atoms with van der Waals surface area (Å²) in [6, 6.07) is 1.25. The smallest absolute Gasteiger partial charge is 0.205 e. The molecule has 0 spiro atoms. The van der Waals surface area contributed by atoms with Gasteiger partial charge in [0.1, 0.15) is 12.1 Å². The summed E-state index contributed by atoms with van der Waals surface area (Å²) >= 11 is -2.07. The largest absolute Gasteiger partial charge is 0.384 e. The number of nitrogens with zero attached hydrogens (tertiary/aromatic N) is 2. The van der Waals surface area contributed by atoms with E-state index in [9.17, 15) is 4.21 Å². The SMILES string of the molecule is Nc1cc(S(=O)O)ncn1. The van der Waals surface area contributed by atoms with E-state index in [1.54, 1.807) is 0 Å². The van der Waals surface area contributed by atoms with E-state index < -0.39 is 11.1 Å². The third kappa shape index (κ3) is 1.49. The van der Waals surface area contributed by atoms with E-state index in [2.05, 4.69) is 9.97 Å². The molecule has 0 saturated heterocycles. The summed E-state index contributed by atoms with van der Waals surface area (Å²) in [5, 5.41) is 0.0208. The standard InChI is InChI=1S/C4H5N3O2S/c5-3-1-4(10(8)9)7-2-6-3/h1-2H,(H,8,9)(H2,5,6,7). The van der Waals surface area contributed by atoms with Gasteiger partial charge >= 0.3 is 0 Å². The van der Waals surface area contributed by atoms with Crippen LogP contribution in [0.15, 0.2) is 17.4 Å². The van der Waals surface area contributed by atoms with E-state index in [1.165, 1.54) is 6.07 Å². The first-order valence-electron chi connectivity index (χ1n) is 2.38. The van der Waals surface area contributed by atoms with E-state index in [-0.39, 0.29) is 10.8 Å². The number of nitrogen functional groups attached to an aromatic ring is 1. The van der Waals surface area contributed by atoms with Crippen molar-refractivity contribution < 1.29 is 8.76 Å². The van der Waals surface area contributed by atoms with Crippen LogP contribution in [0.4, 0.5) is 5.82 Å². The van der Waals surface area contributed by atoms with E-state index in [0.717, 1.165) is 6.33 Å². The van der Waals surface area contributed by atoms with Crippen molar-refractivity contribution in [2.24, 2.45) is 0 Å². The topological polar surface area (TPSA) is 89.1 Å². The van der Waals surface area contributed by atoms with Crippen LogP contribution in [0.3, 0.4) is 0 Å². The average Bonchev–Trinajstić information content (AvgIpc) is 1.88. The minimum Gasteiger partial charge on any atom is -0.384 e. The van der Waals surface area contributed by atoms with Gasteiger partial charge in [0.05, 0.1) is 0 Å². The van der Waals surface area contributed by atoms with Crippen molar-refractivity contribution in [2.75, 3.05) is 5.73 Å². The lowest BCUT2D eigenvalue weighted by molar-refractivity contribution is 0.560. The highest BCUT2D eigenvalue weighted by molar-refractivity contribution is 7.79. The fourth-order valence-electron chi connectivity index (χ4n) is 0.449. The molecule has 0 aromatic carbocycles. The van der Waals surface area contributed by atoms with Crippen LogP contribution in [-0.4, -0.2) is 18.7 Å². The number of nitrogens with two attached hydrogens (primary N) is 1. The molecule has 0 radical (unpaired) electrons. The molecular formula is C4H5N3O2S. The maximum Gasteiger partial charge on any atom is 0.205 e. The summed E-state index contributed by atoms with van der Waals surface area (Å²) in [6.45, 7) is 0. The number of anilines is 1. The second kappa shape index (κ2) is 2.72. The van der Waals surface area contributed by atoms with Crippen molar-refractivity contribution in [3.05, 3.63) is 12.4 Å². The average molecular weight is 159 g/mol. The van der Waals surface area contributed by atoms with Crippen LogP contribution < -0.4 is 5.73 Å². The third-order valence-corrected chi connectivity index (χ3v) is 1.42. The summed E-state index contributed by atoms with van der Waals surface area (Å²) < 4.78 is 18.8. The summed E-state index contributed by atoms with van der Waals surface area (Å²) in [5.74, 6) is 0.187. The van der Waals surface area contributed by atoms with Crippen LogP contribution in [-0.2, 0) is 11.1 Å². The molecule has 0 aliphatic heterocycles. The number of aromatic nitrogens is 2. The van der Waals surface area contributed by atoms with E-state index in [1.807, 2.05) is 0 Å². The molecule has 1 aromatic heterocycles. The summed E-state index contributed by atoms with van der Waals surface area (Å²) in [5.41, 5.74) is 5.20. The Balaban J connectivity index is 3.07. The second-order valence-corrected chi connectivity index (χ2v) is 2.45. The molecule has 0 bridgehead atoms. The zero-order valence-corrected chi connectivity index (χ0v) is 5.71. The fourth-order valence-corrected chi connectivity index (χ4v) is 0.808. The number of hydrogen-bond acceptors (Lipinski definition) is 4. The van der Waals surface area contributed by atoms with Gasteiger partial charge in [-0.3, -0.25) is 0 Å². The van der Waals surface area contributed by atoms with Gasteiger partial charge < -0.3 is 10.3 Å². The lowest BCUT2D eigenvalue weighted by Gasteiger charge is -1.92. The maximum absolute atomic E-state index is 10.3. The van der Waals surface area contributed by atoms with Gasteiger partial charge in [-0.1, -0.05) is 0 Å². The molecule has 1 rings (SSSR count). The van der Waals surface area contributed by atoms with Gasteiger partial charge in [0.2, 0.25) is 11.1 Å². The highest BCUT2D eigenvalue weighted by atomic mass is 32.2. The quantitative estimate of drug-likeness (QED) is 0.431. The van der Waals surface area contributed by atoms with E-state index >= 15 is 0 Å². The Morgan fingerprint density at radius 1 is 1.60 bits per heavy atom. The van der Waals surface area contributed by atoms with Crippen molar-refractivity contribution in [3.63, 3.8) is 0 Å². The first-order valence-corrected chi connectivity index (χ1v) is 3.49. The molecule has 6 heteroatoms. The molecule has 3 N–H and O–H groups in total. The molecule has 1 heterocycles. The summed E-state index contributed by atoms with van der Waals surface area (Å²) in [6.07, 6.45) is 1.14. The summed E-state index contributed by atoms with van der Waals surface area (Å²) in [7, 11) is 0. The van der Waals surface area contributed by atoms with Gasteiger partial charge in [0, 0.05) is 6.07 Å². The van der Waals surface area contributed by atoms with Crippen molar-refractivity contribution in [3.8, 4) is 0 Å². The summed E-state index contributed by atoms with van der Waals surface area (Å²) in [4.78, 5) is 7.04. The molecule has 1 unspecified atom stereocenters. The Morgan fingerprint density at radius 3 is 2.70 bits per heavy atom. The van der Waals surface area contributed by atoms with Crippen LogP contribution in [0.25, 0.3) is 0 Å². The molecule has 0 saturated carbocycles. The fraction of sp³-hybridized carbons (Fsp3) is 0. The molecule has 0 fully saturated rings. The third-order valence-electron chi connectivity index (χ3n) is 0.842. The van der Waals surface area contributed by atoms with Gasteiger partial charge in [-0.25, -0.2) is 14.2 Å². The molecule has 0 aliphatic carbocycles. The van der Waals surface area contributed by atoms with Gasteiger partial charge in [-0.2, -0.15) is 0 Å². The predicted molar refractivity (Wildman–Crippen MR) is 35.5 cm³/mol. The van der Waals surface area contributed by atoms with Crippen LogP contribution >= 0.6 is 0 Å². The first-order chi connectivity index (χ1) is 4.70. The van der Waals surface area contributed by atoms with Crippen molar-refractivity contribution in [2.45, 2.75) is 5.03 Å². The molecule has 1 aromatic rings. The molecule has 0 amide bonds. The minimum absolute atomic E-state index is 0.0208. The van der Waals surface area contributed by atoms with Crippen LogP contribution in [0.1, 0.15) is 0 Å².